The predicted octanol–water partition coefficient (Wildman–Crippen LogP) is 2.96. The van der Waals surface area contributed by atoms with Gasteiger partial charge in [0.1, 0.15) is 11.6 Å². The van der Waals surface area contributed by atoms with E-state index in [1.54, 1.807) is 4.90 Å². The van der Waals surface area contributed by atoms with Gasteiger partial charge in [0, 0.05) is 12.6 Å². The molecule has 0 radical (unpaired) electrons. The minimum absolute atomic E-state index is 0.176. The van der Waals surface area contributed by atoms with Crippen LogP contribution >= 0.6 is 0 Å². The van der Waals surface area contributed by atoms with Crippen LogP contribution in [0, 0.1) is 5.82 Å². The average Bonchev–Trinajstić information content (AvgIpc) is 2.60. The molecule has 0 saturated carbocycles. The molecule has 0 bridgehead atoms. The topological polar surface area (TPSA) is 61.8 Å². The summed E-state index contributed by atoms with van der Waals surface area (Å²) >= 11 is 0. The number of anilines is 1. The van der Waals surface area contributed by atoms with Crippen LogP contribution in [0.3, 0.4) is 0 Å². The van der Waals surface area contributed by atoms with Crippen molar-refractivity contribution in [3.05, 3.63) is 59.4 Å². The van der Waals surface area contributed by atoms with E-state index in [9.17, 15) is 14.3 Å². The highest BCUT2D eigenvalue weighted by Gasteiger charge is 2.30. The quantitative estimate of drug-likeness (QED) is 0.909. The lowest BCUT2D eigenvalue weighted by Crippen LogP contribution is -2.43. The van der Waals surface area contributed by atoms with Crippen LogP contribution in [0.4, 0.5) is 14.9 Å². The van der Waals surface area contributed by atoms with Crippen molar-refractivity contribution in [2.45, 2.75) is 12.5 Å². The summed E-state index contributed by atoms with van der Waals surface area (Å²) in [6.07, 6.45) is 0.709. The third-order valence-electron chi connectivity index (χ3n) is 4.25. The fraction of sp³-hybridized carbons (Fsp3) is 0.278. The number of nitrogens with zero attached hydrogens (tertiary/aromatic N) is 1. The largest absolute Gasteiger partial charge is 0.495 e. The molecule has 5 nitrogen and oxygen atoms in total. The number of aliphatic hydroxyl groups excluding tert-OH is 1. The Hall–Kier alpha value is -2.60. The molecule has 2 N–H and O–H groups in total. The molecule has 2 amide bonds. The van der Waals surface area contributed by atoms with E-state index in [1.807, 2.05) is 24.3 Å². The lowest BCUT2D eigenvalue weighted by molar-refractivity contribution is 0.135. The van der Waals surface area contributed by atoms with E-state index < -0.39 is 17.9 Å². The number of nitrogens with one attached hydrogen (secondary N) is 1. The van der Waals surface area contributed by atoms with E-state index in [0.29, 0.717) is 18.7 Å². The second-order valence-corrected chi connectivity index (χ2v) is 5.62. The molecule has 1 aliphatic rings. The zero-order valence-corrected chi connectivity index (χ0v) is 13.3. The SMILES string of the molecule is COc1ccc(F)cc1NC(=O)N1CCc2ccccc2C1CO. The second-order valence-electron chi connectivity index (χ2n) is 5.62. The van der Waals surface area contributed by atoms with Gasteiger partial charge in [0.15, 0.2) is 0 Å². The standard InChI is InChI=1S/C18H19FN2O3/c1-24-17-7-6-13(19)10-15(17)20-18(23)21-9-8-12-4-2-3-5-14(12)16(21)11-22/h2-7,10,16,22H,8-9,11H2,1H3,(H,20,23). The zero-order chi connectivity index (χ0) is 17.1. The molecule has 6 heteroatoms. The van der Waals surface area contributed by atoms with Gasteiger partial charge in [-0.25, -0.2) is 9.18 Å². The molecule has 0 spiro atoms. The Labute approximate surface area is 139 Å². The number of urea groups is 1. The van der Waals surface area contributed by atoms with Crippen LogP contribution in [0.5, 0.6) is 5.75 Å². The van der Waals surface area contributed by atoms with Crippen LogP contribution < -0.4 is 10.1 Å². The first-order chi connectivity index (χ1) is 11.6. The molecule has 0 aromatic heterocycles. The highest BCUT2D eigenvalue weighted by molar-refractivity contribution is 5.91. The molecular formula is C18H19FN2O3. The Kier molecular flexibility index (Phi) is 4.66. The van der Waals surface area contributed by atoms with Gasteiger partial charge in [-0.1, -0.05) is 24.3 Å². The lowest BCUT2D eigenvalue weighted by atomic mass is 9.93. The number of carbonyl (C=O) groups is 1. The molecule has 2 aromatic rings. The first-order valence-electron chi connectivity index (χ1n) is 7.74. The van der Waals surface area contributed by atoms with Crippen LogP contribution in [-0.4, -0.2) is 36.3 Å². The maximum absolute atomic E-state index is 13.5. The monoisotopic (exact) mass is 330 g/mol. The summed E-state index contributed by atoms with van der Waals surface area (Å²) in [5.41, 5.74) is 2.33. The van der Waals surface area contributed by atoms with Gasteiger partial charge >= 0.3 is 6.03 Å². The van der Waals surface area contributed by atoms with E-state index in [2.05, 4.69) is 5.32 Å². The van der Waals surface area contributed by atoms with Crippen LogP contribution in [-0.2, 0) is 6.42 Å². The minimum atomic E-state index is -0.464. The molecule has 1 heterocycles. The summed E-state index contributed by atoms with van der Waals surface area (Å²) in [6.45, 7) is 0.302. The van der Waals surface area contributed by atoms with Crippen LogP contribution in [0.2, 0.25) is 0 Å². The van der Waals surface area contributed by atoms with Gasteiger partial charge in [0.05, 0.1) is 25.4 Å². The first-order valence-corrected chi connectivity index (χ1v) is 7.74. The summed E-state index contributed by atoms with van der Waals surface area (Å²) in [6, 6.07) is 10.9. The molecule has 0 fully saturated rings. The Morgan fingerprint density at radius 3 is 2.92 bits per heavy atom. The summed E-state index contributed by atoms with van der Waals surface area (Å²) in [5.74, 6) is -0.0866. The third-order valence-corrected chi connectivity index (χ3v) is 4.25. The number of rotatable bonds is 3. The number of hydrogen-bond donors (Lipinski definition) is 2. The van der Waals surface area contributed by atoms with Crippen molar-refractivity contribution in [1.29, 1.82) is 0 Å². The predicted molar refractivity (Wildman–Crippen MR) is 88.6 cm³/mol. The summed E-state index contributed by atoms with van der Waals surface area (Å²) in [5, 5.41) is 12.4. The van der Waals surface area contributed by atoms with E-state index in [4.69, 9.17) is 4.74 Å². The normalized spacial score (nSPS) is 16.5. The molecule has 0 saturated heterocycles. The fourth-order valence-electron chi connectivity index (χ4n) is 3.06. The highest BCUT2D eigenvalue weighted by Crippen LogP contribution is 2.31. The van der Waals surface area contributed by atoms with Gasteiger partial charge in [0.25, 0.3) is 0 Å². The van der Waals surface area contributed by atoms with Crippen LogP contribution in [0.15, 0.2) is 42.5 Å². The average molecular weight is 330 g/mol. The first kappa shape index (κ1) is 16.3. The van der Waals surface area contributed by atoms with Crippen molar-refractivity contribution < 1.29 is 19.0 Å². The molecule has 126 valence electrons. The van der Waals surface area contributed by atoms with Crippen molar-refractivity contribution >= 4 is 11.7 Å². The number of halogens is 1. The van der Waals surface area contributed by atoms with Gasteiger partial charge in [-0.15, -0.1) is 0 Å². The number of methoxy groups -OCH3 is 1. The second kappa shape index (κ2) is 6.88. The summed E-state index contributed by atoms with van der Waals surface area (Å²) < 4.78 is 18.6. The Morgan fingerprint density at radius 2 is 2.17 bits per heavy atom. The van der Waals surface area contributed by atoms with E-state index in [-0.39, 0.29) is 12.3 Å². The molecule has 1 atom stereocenters. The number of aliphatic hydroxyl groups is 1. The van der Waals surface area contributed by atoms with Crippen LogP contribution in [0.1, 0.15) is 17.2 Å². The Morgan fingerprint density at radius 1 is 1.38 bits per heavy atom. The fourth-order valence-corrected chi connectivity index (χ4v) is 3.06. The van der Waals surface area contributed by atoms with Crippen molar-refractivity contribution in [2.24, 2.45) is 0 Å². The number of carbonyl (C=O) groups excluding carboxylic acids is 1. The van der Waals surface area contributed by atoms with E-state index in [1.165, 1.54) is 25.3 Å². The highest BCUT2D eigenvalue weighted by atomic mass is 19.1. The van der Waals surface area contributed by atoms with Gasteiger partial charge in [-0.2, -0.15) is 0 Å². The Balaban J connectivity index is 1.84. The lowest BCUT2D eigenvalue weighted by Gasteiger charge is -2.36. The maximum atomic E-state index is 13.5. The maximum Gasteiger partial charge on any atom is 0.322 e. The molecule has 1 aliphatic heterocycles. The van der Waals surface area contributed by atoms with Crippen molar-refractivity contribution in [1.82, 2.24) is 4.90 Å². The number of amides is 2. The van der Waals surface area contributed by atoms with Crippen molar-refractivity contribution in [2.75, 3.05) is 25.6 Å². The molecule has 24 heavy (non-hydrogen) atoms. The molecule has 3 rings (SSSR count). The smallest absolute Gasteiger partial charge is 0.322 e. The Bertz CT molecular complexity index is 751. The van der Waals surface area contributed by atoms with Crippen molar-refractivity contribution in [3.63, 3.8) is 0 Å². The van der Waals surface area contributed by atoms with Gasteiger partial charge in [-0.3, -0.25) is 0 Å². The zero-order valence-electron chi connectivity index (χ0n) is 13.3. The van der Waals surface area contributed by atoms with E-state index >= 15 is 0 Å². The van der Waals surface area contributed by atoms with Gasteiger partial charge in [0.2, 0.25) is 0 Å². The number of hydrogen-bond acceptors (Lipinski definition) is 3. The van der Waals surface area contributed by atoms with Gasteiger partial charge < -0.3 is 20.1 Å². The van der Waals surface area contributed by atoms with Crippen LogP contribution in [0.25, 0.3) is 0 Å². The molecular weight excluding hydrogens is 311 g/mol. The summed E-state index contributed by atoms with van der Waals surface area (Å²) in [7, 11) is 1.45. The number of benzene rings is 2. The number of ether oxygens (including phenoxy) is 1. The van der Waals surface area contributed by atoms with Crippen molar-refractivity contribution in [3.8, 4) is 5.75 Å². The third kappa shape index (κ3) is 3.05. The van der Waals surface area contributed by atoms with E-state index in [0.717, 1.165) is 11.1 Å². The molecule has 0 aliphatic carbocycles. The molecule has 2 aromatic carbocycles. The molecule has 1 unspecified atom stereocenters. The minimum Gasteiger partial charge on any atom is -0.495 e. The van der Waals surface area contributed by atoms with Gasteiger partial charge in [-0.05, 0) is 29.7 Å². The summed E-state index contributed by atoms with van der Waals surface area (Å²) in [4.78, 5) is 14.2. The number of fused-ring (bicyclic) bond motifs is 1.